The summed E-state index contributed by atoms with van der Waals surface area (Å²) >= 11 is 0. The lowest BCUT2D eigenvalue weighted by Crippen LogP contribution is -2.44. The minimum Gasteiger partial charge on any atom is -0.494 e. The predicted molar refractivity (Wildman–Crippen MR) is 79.1 cm³/mol. The molecular formula is C16H20N2O3. The van der Waals surface area contributed by atoms with Crippen molar-refractivity contribution in [3.8, 4) is 11.8 Å². The van der Waals surface area contributed by atoms with Crippen molar-refractivity contribution < 1.29 is 14.3 Å². The van der Waals surface area contributed by atoms with Crippen LogP contribution >= 0.6 is 0 Å². The van der Waals surface area contributed by atoms with Gasteiger partial charge in [0.15, 0.2) is 0 Å². The topological polar surface area (TPSA) is 71.3 Å². The average molecular weight is 288 g/mol. The molecule has 1 aromatic rings. The Kier molecular flexibility index (Phi) is 4.49. The largest absolute Gasteiger partial charge is 0.494 e. The predicted octanol–water partition coefficient (Wildman–Crippen LogP) is 2.71. The SMILES string of the molecule is CCOc1ccc(NC(=O)[C@@](C)(OC)C2CC2)c(C#N)c1. The molecule has 0 unspecified atom stereocenters. The third kappa shape index (κ3) is 3.17. The molecule has 1 N–H and O–H groups in total. The molecule has 0 bridgehead atoms. The number of ether oxygens (including phenoxy) is 2. The molecule has 0 saturated heterocycles. The van der Waals surface area contributed by atoms with Crippen LogP contribution in [0.15, 0.2) is 18.2 Å². The van der Waals surface area contributed by atoms with E-state index in [1.165, 1.54) is 0 Å². The van der Waals surface area contributed by atoms with Gasteiger partial charge in [-0.2, -0.15) is 5.26 Å². The van der Waals surface area contributed by atoms with Crippen molar-refractivity contribution in [1.82, 2.24) is 0 Å². The van der Waals surface area contributed by atoms with Gasteiger partial charge in [0.25, 0.3) is 5.91 Å². The molecule has 1 amide bonds. The number of hydrogen-bond donors (Lipinski definition) is 1. The third-order valence-corrected chi connectivity index (χ3v) is 3.90. The summed E-state index contributed by atoms with van der Waals surface area (Å²) in [7, 11) is 1.54. The molecule has 0 aliphatic heterocycles. The third-order valence-electron chi connectivity index (χ3n) is 3.90. The first-order valence-electron chi connectivity index (χ1n) is 7.08. The summed E-state index contributed by atoms with van der Waals surface area (Å²) in [4.78, 5) is 12.4. The van der Waals surface area contributed by atoms with E-state index in [1.54, 1.807) is 32.2 Å². The summed E-state index contributed by atoms with van der Waals surface area (Å²) in [6, 6.07) is 7.13. The first kappa shape index (κ1) is 15.3. The number of carbonyl (C=O) groups excluding carboxylic acids is 1. The van der Waals surface area contributed by atoms with Crippen LogP contribution in [0.5, 0.6) is 5.75 Å². The molecule has 1 aromatic carbocycles. The fraction of sp³-hybridized carbons (Fsp3) is 0.500. The van der Waals surface area contributed by atoms with Crippen LogP contribution < -0.4 is 10.1 Å². The number of nitrogens with one attached hydrogen (secondary N) is 1. The highest BCUT2D eigenvalue weighted by Crippen LogP contribution is 2.42. The Morgan fingerprint density at radius 2 is 2.24 bits per heavy atom. The van der Waals surface area contributed by atoms with Gasteiger partial charge in [0.05, 0.1) is 17.9 Å². The van der Waals surface area contributed by atoms with Gasteiger partial charge in [-0.15, -0.1) is 0 Å². The molecule has 2 rings (SSSR count). The Balaban J connectivity index is 2.19. The first-order chi connectivity index (χ1) is 10.0. The number of hydrogen-bond acceptors (Lipinski definition) is 4. The van der Waals surface area contributed by atoms with Crippen LogP contribution in [-0.2, 0) is 9.53 Å². The fourth-order valence-corrected chi connectivity index (χ4v) is 2.31. The van der Waals surface area contributed by atoms with Crippen LogP contribution in [0.2, 0.25) is 0 Å². The lowest BCUT2D eigenvalue weighted by atomic mass is 9.98. The lowest BCUT2D eigenvalue weighted by Gasteiger charge is -2.27. The van der Waals surface area contributed by atoms with Gasteiger partial charge in [-0.25, -0.2) is 0 Å². The van der Waals surface area contributed by atoms with Gasteiger partial charge in [-0.1, -0.05) is 0 Å². The second kappa shape index (κ2) is 6.15. The van der Waals surface area contributed by atoms with Gasteiger partial charge in [-0.05, 0) is 50.8 Å². The van der Waals surface area contributed by atoms with Gasteiger partial charge >= 0.3 is 0 Å². The number of nitrogens with zero attached hydrogens (tertiary/aromatic N) is 1. The second-order valence-corrected chi connectivity index (χ2v) is 5.29. The zero-order chi connectivity index (χ0) is 15.5. The highest BCUT2D eigenvalue weighted by atomic mass is 16.5. The van der Waals surface area contributed by atoms with Crippen LogP contribution in [0.25, 0.3) is 0 Å². The van der Waals surface area contributed by atoms with Crippen LogP contribution in [0.1, 0.15) is 32.3 Å². The summed E-state index contributed by atoms with van der Waals surface area (Å²) in [6.45, 7) is 4.20. The van der Waals surface area contributed by atoms with Crippen molar-refractivity contribution >= 4 is 11.6 Å². The maximum atomic E-state index is 12.4. The minimum absolute atomic E-state index is 0.215. The summed E-state index contributed by atoms with van der Waals surface area (Å²) in [5.74, 6) is 0.646. The molecular weight excluding hydrogens is 268 g/mol. The number of rotatable bonds is 6. The van der Waals surface area contributed by atoms with E-state index in [0.29, 0.717) is 23.6 Å². The van der Waals surface area contributed by atoms with Crippen molar-refractivity contribution in [3.05, 3.63) is 23.8 Å². The zero-order valence-electron chi connectivity index (χ0n) is 12.6. The number of anilines is 1. The van der Waals surface area contributed by atoms with Gasteiger partial charge in [0.2, 0.25) is 0 Å². The van der Waals surface area contributed by atoms with E-state index in [9.17, 15) is 10.1 Å². The molecule has 0 heterocycles. The molecule has 0 aromatic heterocycles. The van der Waals surface area contributed by atoms with E-state index in [1.807, 2.05) is 6.92 Å². The summed E-state index contributed by atoms with van der Waals surface area (Å²) in [5.41, 5.74) is 0.0177. The smallest absolute Gasteiger partial charge is 0.256 e. The van der Waals surface area contributed by atoms with Crippen molar-refractivity contribution in [2.45, 2.75) is 32.3 Å². The Labute approximate surface area is 124 Å². The van der Waals surface area contributed by atoms with Crippen molar-refractivity contribution in [1.29, 1.82) is 5.26 Å². The molecule has 0 radical (unpaired) electrons. The number of benzene rings is 1. The van der Waals surface area contributed by atoms with Gasteiger partial charge in [0.1, 0.15) is 17.4 Å². The Morgan fingerprint density at radius 3 is 2.76 bits per heavy atom. The van der Waals surface area contributed by atoms with Crippen molar-refractivity contribution in [2.24, 2.45) is 5.92 Å². The minimum atomic E-state index is -0.842. The average Bonchev–Trinajstić information content (AvgIpc) is 3.33. The maximum Gasteiger partial charge on any atom is 0.256 e. The number of methoxy groups -OCH3 is 1. The zero-order valence-corrected chi connectivity index (χ0v) is 12.6. The highest BCUT2D eigenvalue weighted by Gasteiger charge is 2.47. The second-order valence-electron chi connectivity index (χ2n) is 5.29. The molecule has 21 heavy (non-hydrogen) atoms. The molecule has 1 fully saturated rings. The highest BCUT2D eigenvalue weighted by molar-refractivity contribution is 5.98. The molecule has 112 valence electrons. The molecule has 0 spiro atoms. The van der Waals surface area contributed by atoms with Crippen LogP contribution in [0.3, 0.4) is 0 Å². The van der Waals surface area contributed by atoms with Crippen LogP contribution in [0.4, 0.5) is 5.69 Å². The number of amides is 1. The van der Waals surface area contributed by atoms with E-state index in [-0.39, 0.29) is 11.8 Å². The summed E-state index contributed by atoms with van der Waals surface area (Å²) in [5, 5.41) is 12.0. The standard InChI is InChI=1S/C16H20N2O3/c1-4-21-13-7-8-14(11(9-13)10-17)18-15(19)16(2,20-3)12-5-6-12/h7-9,12H,4-6H2,1-3H3,(H,18,19)/t16-/m0/s1. The molecule has 5 nitrogen and oxygen atoms in total. The molecule has 1 aliphatic rings. The Morgan fingerprint density at radius 1 is 1.52 bits per heavy atom. The molecule has 5 heteroatoms. The lowest BCUT2D eigenvalue weighted by molar-refractivity contribution is -0.138. The van der Waals surface area contributed by atoms with E-state index >= 15 is 0 Å². The van der Waals surface area contributed by atoms with Gasteiger partial charge < -0.3 is 14.8 Å². The van der Waals surface area contributed by atoms with Crippen molar-refractivity contribution in [3.63, 3.8) is 0 Å². The molecule has 1 aliphatic carbocycles. The number of carbonyl (C=O) groups is 1. The summed E-state index contributed by atoms with van der Waals surface area (Å²) < 4.78 is 10.8. The maximum absolute atomic E-state index is 12.4. The van der Waals surface area contributed by atoms with E-state index in [4.69, 9.17) is 9.47 Å². The molecule has 1 saturated carbocycles. The van der Waals surface area contributed by atoms with E-state index in [0.717, 1.165) is 12.8 Å². The van der Waals surface area contributed by atoms with Gasteiger partial charge in [0, 0.05) is 7.11 Å². The monoisotopic (exact) mass is 288 g/mol. The number of nitriles is 1. The van der Waals surface area contributed by atoms with E-state index < -0.39 is 5.60 Å². The van der Waals surface area contributed by atoms with Crippen molar-refractivity contribution in [2.75, 3.05) is 19.0 Å². The quantitative estimate of drug-likeness (QED) is 0.873. The van der Waals surface area contributed by atoms with E-state index in [2.05, 4.69) is 11.4 Å². The van der Waals surface area contributed by atoms with Gasteiger partial charge in [-0.3, -0.25) is 4.79 Å². The normalized spacial score (nSPS) is 16.7. The Hall–Kier alpha value is -2.06. The van der Waals surface area contributed by atoms with Crippen LogP contribution in [-0.4, -0.2) is 25.2 Å². The fourth-order valence-electron chi connectivity index (χ4n) is 2.31. The van der Waals surface area contributed by atoms with Crippen LogP contribution in [0, 0.1) is 17.2 Å². The summed E-state index contributed by atoms with van der Waals surface area (Å²) in [6.07, 6.45) is 1.98. The Bertz CT molecular complexity index is 575. The first-order valence-corrected chi connectivity index (χ1v) is 7.08. The molecule has 1 atom stereocenters.